The molecule has 0 spiro atoms. The number of hydrogen-bond acceptors (Lipinski definition) is 5. The molecule has 25 heavy (non-hydrogen) atoms. The highest BCUT2D eigenvalue weighted by atomic mass is 16.5. The van der Waals surface area contributed by atoms with Crippen molar-refractivity contribution in [3.63, 3.8) is 0 Å². The van der Waals surface area contributed by atoms with Crippen LogP contribution in [0.3, 0.4) is 0 Å². The summed E-state index contributed by atoms with van der Waals surface area (Å²) >= 11 is 0. The molecule has 0 saturated heterocycles. The van der Waals surface area contributed by atoms with Gasteiger partial charge in [-0.15, -0.1) is 0 Å². The second-order valence-corrected chi connectivity index (χ2v) is 5.63. The number of nitrogens with zero attached hydrogens (tertiary/aromatic N) is 3. The minimum absolute atomic E-state index is 0.458. The number of nitrogen functional groups attached to an aromatic ring is 1. The molecule has 0 aliphatic rings. The van der Waals surface area contributed by atoms with Crippen molar-refractivity contribution in [2.24, 2.45) is 4.99 Å². The Morgan fingerprint density at radius 2 is 1.84 bits per heavy atom. The number of rotatable bonds is 5. The van der Waals surface area contributed by atoms with Crippen LogP contribution < -0.4 is 20.7 Å². The second-order valence-electron chi connectivity index (χ2n) is 5.63. The molecule has 1 heterocycles. The van der Waals surface area contributed by atoms with Crippen molar-refractivity contribution < 1.29 is 9.47 Å². The maximum Gasteiger partial charge on any atom is 0.202 e. The molecule has 2 N–H and O–H groups in total. The molecule has 0 aliphatic carbocycles. The van der Waals surface area contributed by atoms with E-state index in [1.165, 1.54) is 0 Å². The lowest BCUT2D eigenvalue weighted by Gasteiger charge is -2.15. The fraction of sp³-hybridized carbons (Fsp3) is 0.263. The molecule has 1 aromatic heterocycles. The molecule has 6 heteroatoms. The van der Waals surface area contributed by atoms with E-state index in [1.807, 2.05) is 47.0 Å². The van der Waals surface area contributed by atoms with E-state index in [9.17, 15) is 0 Å². The molecule has 2 aromatic carbocycles. The lowest BCUT2D eigenvalue weighted by atomic mass is 10.1. The molecule has 0 aliphatic heterocycles. The summed E-state index contributed by atoms with van der Waals surface area (Å²) in [5, 5.41) is 0.992. The van der Waals surface area contributed by atoms with Gasteiger partial charge in [0.05, 0.1) is 19.7 Å². The van der Waals surface area contributed by atoms with Crippen molar-refractivity contribution in [3.05, 3.63) is 53.5 Å². The first-order valence-electron chi connectivity index (χ1n) is 8.06. The van der Waals surface area contributed by atoms with Gasteiger partial charge in [-0.3, -0.25) is 4.99 Å². The lowest BCUT2D eigenvalue weighted by molar-refractivity contribution is 0.354. The molecule has 0 bridgehead atoms. The Balaban J connectivity index is 1.96. The number of aromatic nitrogens is 2. The van der Waals surface area contributed by atoms with Crippen molar-refractivity contribution in [2.75, 3.05) is 27.0 Å². The summed E-state index contributed by atoms with van der Waals surface area (Å²) in [6.45, 7) is 0.707. The van der Waals surface area contributed by atoms with E-state index in [4.69, 9.17) is 15.2 Å². The van der Waals surface area contributed by atoms with Gasteiger partial charge in [0.1, 0.15) is 0 Å². The Morgan fingerprint density at radius 1 is 1.08 bits per heavy atom. The normalized spacial score (nSPS) is 11.7. The zero-order valence-corrected chi connectivity index (χ0v) is 14.7. The molecule has 0 saturated carbocycles. The van der Waals surface area contributed by atoms with Crippen molar-refractivity contribution >= 4 is 16.9 Å². The maximum atomic E-state index is 6.18. The number of para-hydroxylation sites is 1. The van der Waals surface area contributed by atoms with E-state index < -0.39 is 0 Å². The van der Waals surface area contributed by atoms with E-state index in [0.717, 1.165) is 34.4 Å². The quantitative estimate of drug-likeness (QED) is 0.775. The van der Waals surface area contributed by atoms with Gasteiger partial charge in [-0.2, -0.15) is 4.98 Å². The first-order chi connectivity index (χ1) is 12.2. The van der Waals surface area contributed by atoms with Crippen LogP contribution in [0.1, 0.15) is 5.56 Å². The maximum absolute atomic E-state index is 6.18. The minimum atomic E-state index is 0.458. The number of hydrogen-bond donors (Lipinski definition) is 1. The summed E-state index contributed by atoms with van der Waals surface area (Å²) in [5.41, 5.74) is 9.00. The third-order valence-corrected chi connectivity index (χ3v) is 4.22. The molecule has 0 atom stereocenters. The summed E-state index contributed by atoms with van der Waals surface area (Å²) in [5.74, 6) is 1.90. The van der Waals surface area contributed by atoms with Gasteiger partial charge in [0, 0.05) is 19.0 Å². The Kier molecular flexibility index (Phi) is 4.88. The largest absolute Gasteiger partial charge is 0.493 e. The second kappa shape index (κ2) is 7.25. The Labute approximate surface area is 146 Å². The van der Waals surface area contributed by atoms with Crippen LogP contribution in [0.5, 0.6) is 11.5 Å². The highest BCUT2D eigenvalue weighted by Gasteiger charge is 2.09. The van der Waals surface area contributed by atoms with E-state index in [-0.39, 0.29) is 0 Å². The summed E-state index contributed by atoms with van der Waals surface area (Å²) in [6, 6.07) is 14.0. The van der Waals surface area contributed by atoms with Crippen molar-refractivity contribution in [2.45, 2.75) is 13.0 Å². The Bertz CT molecular complexity index is 963. The predicted octanol–water partition coefficient (Wildman–Crippen LogP) is 2.41. The Morgan fingerprint density at radius 3 is 2.56 bits per heavy atom. The van der Waals surface area contributed by atoms with E-state index >= 15 is 0 Å². The molecular weight excluding hydrogens is 316 g/mol. The highest BCUT2D eigenvalue weighted by molar-refractivity contribution is 5.79. The molecule has 0 unspecified atom stereocenters. The zero-order valence-electron chi connectivity index (χ0n) is 14.7. The Hall–Kier alpha value is -3.02. The van der Waals surface area contributed by atoms with Crippen molar-refractivity contribution in [1.29, 1.82) is 0 Å². The summed E-state index contributed by atoms with van der Waals surface area (Å²) in [4.78, 5) is 8.65. The average molecular weight is 338 g/mol. The van der Waals surface area contributed by atoms with Gasteiger partial charge in [-0.25, -0.2) is 0 Å². The minimum Gasteiger partial charge on any atom is -0.493 e. The molecule has 3 rings (SSSR count). The van der Waals surface area contributed by atoms with Crippen molar-refractivity contribution in [1.82, 2.24) is 9.55 Å². The van der Waals surface area contributed by atoms with E-state index in [1.54, 1.807) is 21.3 Å². The first kappa shape index (κ1) is 16.8. The van der Waals surface area contributed by atoms with Gasteiger partial charge < -0.3 is 19.8 Å². The van der Waals surface area contributed by atoms with E-state index in [0.29, 0.717) is 18.0 Å². The van der Waals surface area contributed by atoms with Gasteiger partial charge in [0.15, 0.2) is 17.0 Å². The number of fused-ring (bicyclic) bond motifs is 1. The van der Waals surface area contributed by atoms with Crippen LogP contribution in [0.15, 0.2) is 47.5 Å². The first-order valence-corrected chi connectivity index (χ1v) is 8.06. The number of methoxy groups -OCH3 is 2. The molecule has 0 radical (unpaired) electrons. The number of ether oxygens (including phenoxy) is 2. The fourth-order valence-electron chi connectivity index (χ4n) is 2.93. The van der Waals surface area contributed by atoms with Crippen LogP contribution in [0.2, 0.25) is 0 Å². The summed E-state index contributed by atoms with van der Waals surface area (Å²) in [7, 11) is 4.99. The average Bonchev–Trinajstić information content (AvgIpc) is 2.66. The number of anilines is 1. The third kappa shape index (κ3) is 3.28. The van der Waals surface area contributed by atoms with Crippen LogP contribution in [0.25, 0.3) is 10.9 Å². The summed E-state index contributed by atoms with van der Waals surface area (Å²) < 4.78 is 12.7. The van der Waals surface area contributed by atoms with Gasteiger partial charge in [0.2, 0.25) is 5.95 Å². The highest BCUT2D eigenvalue weighted by Crippen LogP contribution is 2.28. The van der Waals surface area contributed by atoms with Gasteiger partial charge in [-0.05, 0) is 36.2 Å². The number of aryl methyl sites for hydroxylation is 2. The van der Waals surface area contributed by atoms with Crippen LogP contribution in [-0.2, 0) is 13.0 Å². The lowest BCUT2D eigenvalue weighted by Crippen LogP contribution is -2.20. The third-order valence-electron chi connectivity index (χ3n) is 4.22. The van der Waals surface area contributed by atoms with Crippen molar-refractivity contribution in [3.8, 4) is 11.5 Å². The SMILES string of the molecule is CN=c1nc(N)n(CCc2ccc(OC)c(OC)c2)c2ccccc12. The topological polar surface area (TPSA) is 74.7 Å². The molecule has 0 fully saturated rings. The van der Waals surface area contributed by atoms with E-state index in [2.05, 4.69) is 9.98 Å². The number of benzene rings is 2. The molecular formula is C19H22N4O2. The standard InChI is InChI=1S/C19H22N4O2/c1-21-18-14-6-4-5-7-15(14)23(19(20)22-18)11-10-13-8-9-16(24-2)17(12-13)25-3/h4-9,12H,10-11H2,1-3H3,(H2,20,21,22). The van der Waals surface area contributed by atoms with Gasteiger partial charge >= 0.3 is 0 Å². The monoisotopic (exact) mass is 338 g/mol. The predicted molar refractivity (Wildman–Crippen MR) is 98.9 cm³/mol. The molecule has 130 valence electrons. The molecule has 0 amide bonds. The van der Waals surface area contributed by atoms with Crippen LogP contribution in [0, 0.1) is 0 Å². The van der Waals surface area contributed by atoms with Gasteiger partial charge in [0.25, 0.3) is 0 Å². The molecule has 6 nitrogen and oxygen atoms in total. The zero-order chi connectivity index (χ0) is 17.8. The van der Waals surface area contributed by atoms with Crippen LogP contribution in [0.4, 0.5) is 5.95 Å². The number of nitrogens with two attached hydrogens (primary N) is 1. The summed E-state index contributed by atoms with van der Waals surface area (Å²) in [6.07, 6.45) is 0.795. The van der Waals surface area contributed by atoms with Gasteiger partial charge in [-0.1, -0.05) is 18.2 Å². The van der Waals surface area contributed by atoms with Crippen LogP contribution in [-0.4, -0.2) is 30.8 Å². The smallest absolute Gasteiger partial charge is 0.202 e. The fourth-order valence-corrected chi connectivity index (χ4v) is 2.93. The molecule has 3 aromatic rings. The van der Waals surface area contributed by atoms with Crippen LogP contribution >= 0.6 is 0 Å².